The zero-order chi connectivity index (χ0) is 8.20. The topological polar surface area (TPSA) is 265 Å². The molecule has 0 amide bonds. The largest absolute Gasteiger partial charge is 0.470 e. The van der Waals surface area contributed by atoms with E-state index >= 15 is 0 Å². The van der Waals surface area contributed by atoms with Gasteiger partial charge in [0.25, 0.3) is 0 Å². The van der Waals surface area contributed by atoms with E-state index in [0.717, 1.165) is 0 Å². The van der Waals surface area contributed by atoms with E-state index in [1.165, 1.54) is 0 Å². The third-order valence-corrected chi connectivity index (χ3v) is 1.27. The number of phosphoric acid groups is 1. The van der Waals surface area contributed by atoms with Gasteiger partial charge in [0.2, 0.25) is 0 Å². The van der Waals surface area contributed by atoms with E-state index in [2.05, 4.69) is 4.52 Å². The minimum atomic E-state index is -4.57. The Morgan fingerprint density at radius 3 is 1.18 bits per heavy atom. The van der Waals surface area contributed by atoms with Gasteiger partial charge < -0.3 is 47.4 Å². The van der Waals surface area contributed by atoms with Crippen LogP contribution in [0.1, 0.15) is 0 Å². The average molecular weight is 308 g/mol. The summed E-state index contributed by atoms with van der Waals surface area (Å²) in [5.74, 6) is 0. The summed E-state index contributed by atoms with van der Waals surface area (Å²) in [4.78, 5) is 16.2. The van der Waals surface area contributed by atoms with Crippen LogP contribution in [0, 0.1) is 0 Å². The molecule has 0 fully saturated rings. The van der Waals surface area contributed by atoms with E-state index in [1.807, 2.05) is 0 Å². The summed E-state index contributed by atoms with van der Waals surface area (Å²) in [5.41, 5.74) is 0. The minimum Gasteiger partial charge on any atom is -0.412 e. The van der Waals surface area contributed by atoms with Gasteiger partial charge in [0.05, 0.1) is 13.2 Å². The summed E-state index contributed by atoms with van der Waals surface area (Å²) in [6, 6.07) is 0. The Morgan fingerprint density at radius 1 is 0.882 bits per heavy atom. The van der Waals surface area contributed by atoms with Crippen LogP contribution in [0.2, 0.25) is 0 Å². The molecule has 0 saturated heterocycles. The van der Waals surface area contributed by atoms with Gasteiger partial charge in [0, 0.05) is 59.1 Å². The molecule has 14 heteroatoms. The monoisotopic (exact) mass is 308 g/mol. The van der Waals surface area contributed by atoms with Gasteiger partial charge in [-0.3, -0.25) is 4.52 Å². The molecule has 0 aromatic rings. The molecule has 0 aromatic carbocycles. The molecular formula is C3H19Na2O11P. The number of hydrogen-bond acceptors (Lipinski definition) is 4. The molecule has 17 heavy (non-hydrogen) atoms. The van der Waals surface area contributed by atoms with Crippen LogP contribution in [-0.4, -0.2) is 126 Å². The Hall–Kier alpha value is 1.83. The Kier molecular flexibility index (Phi) is 79.3. The zero-order valence-electron chi connectivity index (χ0n) is 9.54. The SMILES string of the molecule is O.O.O.O.O.O=P(O)(O)OC(CO)CO.[Na].[Na]. The molecule has 0 aliphatic carbocycles. The van der Waals surface area contributed by atoms with E-state index < -0.39 is 27.1 Å². The first-order valence-corrected chi connectivity index (χ1v) is 3.98. The summed E-state index contributed by atoms with van der Waals surface area (Å²) < 4.78 is 13.9. The van der Waals surface area contributed by atoms with Crippen LogP contribution in [-0.2, 0) is 9.09 Å². The van der Waals surface area contributed by atoms with Crippen molar-refractivity contribution >= 4 is 66.9 Å². The first-order valence-electron chi connectivity index (χ1n) is 2.45. The molecule has 14 N–H and O–H groups in total. The van der Waals surface area contributed by atoms with Gasteiger partial charge in [-0.2, -0.15) is 0 Å². The van der Waals surface area contributed by atoms with Crippen LogP contribution in [0.4, 0.5) is 0 Å². The van der Waals surface area contributed by atoms with Crippen LogP contribution in [0.15, 0.2) is 0 Å². The second-order valence-corrected chi connectivity index (χ2v) is 2.78. The van der Waals surface area contributed by atoms with Crippen molar-refractivity contribution in [2.24, 2.45) is 0 Å². The van der Waals surface area contributed by atoms with Crippen molar-refractivity contribution in [1.29, 1.82) is 0 Å². The van der Waals surface area contributed by atoms with Crippen LogP contribution < -0.4 is 0 Å². The van der Waals surface area contributed by atoms with Crippen molar-refractivity contribution in [3.63, 3.8) is 0 Å². The van der Waals surface area contributed by atoms with E-state index in [-0.39, 0.29) is 86.5 Å². The molecule has 0 atom stereocenters. The Morgan fingerprint density at radius 2 is 1.12 bits per heavy atom. The fraction of sp³-hybridized carbons (Fsp3) is 1.00. The van der Waals surface area contributed by atoms with Gasteiger partial charge in [-0.05, 0) is 0 Å². The fourth-order valence-electron chi connectivity index (χ4n) is 0.319. The van der Waals surface area contributed by atoms with Gasteiger partial charge in [-0.25, -0.2) is 4.57 Å². The molecule has 11 nitrogen and oxygen atoms in total. The maximum atomic E-state index is 10.0. The van der Waals surface area contributed by atoms with Crippen LogP contribution in [0.5, 0.6) is 0 Å². The number of phosphoric ester groups is 1. The van der Waals surface area contributed by atoms with Crippen LogP contribution in [0.25, 0.3) is 0 Å². The molecular weight excluding hydrogens is 289 g/mol. The van der Waals surface area contributed by atoms with Crippen molar-refractivity contribution in [2.75, 3.05) is 13.2 Å². The molecule has 0 aliphatic heterocycles. The van der Waals surface area contributed by atoms with Gasteiger partial charge >= 0.3 is 7.82 Å². The van der Waals surface area contributed by atoms with Gasteiger partial charge in [-0.1, -0.05) is 0 Å². The quantitative estimate of drug-likeness (QED) is 0.289. The van der Waals surface area contributed by atoms with Crippen LogP contribution >= 0.6 is 7.82 Å². The summed E-state index contributed by atoms with van der Waals surface area (Å²) in [6.45, 7) is -1.25. The molecule has 0 rings (SSSR count). The standard InChI is InChI=1S/C3H9O6P.2Na.5H2O/c4-1-3(2-5)9-10(6,7)8;;;;;;;/h3-5H,1-2H2,(H2,6,7,8);;;5*1H2. The van der Waals surface area contributed by atoms with Crippen LogP contribution in [0.3, 0.4) is 0 Å². The summed E-state index contributed by atoms with van der Waals surface area (Å²) in [5, 5.41) is 16.5. The molecule has 104 valence electrons. The summed E-state index contributed by atoms with van der Waals surface area (Å²) >= 11 is 0. The van der Waals surface area contributed by atoms with E-state index in [0.29, 0.717) is 0 Å². The molecule has 0 bridgehead atoms. The molecule has 0 aromatic heterocycles. The Balaban J connectivity index is -0.0000000193. The van der Waals surface area contributed by atoms with Gasteiger partial charge in [0.15, 0.2) is 0 Å². The van der Waals surface area contributed by atoms with Crippen molar-refractivity contribution in [2.45, 2.75) is 6.10 Å². The Labute approximate surface area is 142 Å². The van der Waals surface area contributed by atoms with Crippen molar-refractivity contribution < 1.29 is 56.5 Å². The molecule has 0 saturated carbocycles. The molecule has 0 unspecified atom stereocenters. The maximum Gasteiger partial charge on any atom is 0.470 e. The molecule has 0 aliphatic rings. The second-order valence-electron chi connectivity index (χ2n) is 1.58. The average Bonchev–Trinajstić information content (AvgIpc) is 1.81. The first-order chi connectivity index (χ1) is 4.49. The van der Waals surface area contributed by atoms with E-state index in [4.69, 9.17) is 20.0 Å². The van der Waals surface area contributed by atoms with Gasteiger partial charge in [0.1, 0.15) is 6.10 Å². The molecule has 2 radical (unpaired) electrons. The van der Waals surface area contributed by atoms with Crippen molar-refractivity contribution in [3.8, 4) is 0 Å². The predicted octanol–water partition coefficient (Wildman–Crippen LogP) is -6.44. The molecule has 0 heterocycles. The third-order valence-electron chi connectivity index (χ3n) is 0.694. The van der Waals surface area contributed by atoms with E-state index in [1.54, 1.807) is 0 Å². The first kappa shape index (κ1) is 51.0. The van der Waals surface area contributed by atoms with Crippen molar-refractivity contribution in [3.05, 3.63) is 0 Å². The minimum absolute atomic E-state index is 0. The molecule has 0 spiro atoms. The summed E-state index contributed by atoms with van der Waals surface area (Å²) in [7, 11) is -4.57. The fourth-order valence-corrected chi connectivity index (χ4v) is 0.840. The smallest absolute Gasteiger partial charge is 0.412 e. The number of rotatable bonds is 4. The number of aliphatic hydroxyl groups excluding tert-OH is 2. The third kappa shape index (κ3) is 38.1. The van der Waals surface area contributed by atoms with Gasteiger partial charge in [-0.15, -0.1) is 0 Å². The normalized spacial score (nSPS) is 7.35. The predicted molar refractivity (Wildman–Crippen MR) is 60.7 cm³/mol. The number of aliphatic hydroxyl groups is 2. The maximum absolute atomic E-state index is 10.0. The second kappa shape index (κ2) is 26.4. The summed E-state index contributed by atoms with van der Waals surface area (Å²) in [6.07, 6.45) is -1.21. The zero-order valence-corrected chi connectivity index (χ0v) is 14.4. The van der Waals surface area contributed by atoms with Crippen molar-refractivity contribution in [1.82, 2.24) is 0 Å². The Bertz CT molecular complexity index is 137. The number of hydrogen-bond donors (Lipinski definition) is 4. The van der Waals surface area contributed by atoms with E-state index in [9.17, 15) is 4.57 Å².